The molecule has 0 saturated heterocycles. The fourth-order valence-corrected chi connectivity index (χ4v) is 2.95. The summed E-state index contributed by atoms with van der Waals surface area (Å²) in [6.45, 7) is 7.36. The lowest BCUT2D eigenvalue weighted by Crippen LogP contribution is -2.33. The number of hydrogen-bond acceptors (Lipinski definition) is 3. The van der Waals surface area contributed by atoms with Crippen LogP contribution in [0.2, 0.25) is 0 Å². The van der Waals surface area contributed by atoms with E-state index >= 15 is 0 Å². The van der Waals surface area contributed by atoms with Crippen molar-refractivity contribution >= 4 is 5.97 Å². The Morgan fingerprint density at radius 2 is 2.11 bits per heavy atom. The number of esters is 1. The van der Waals surface area contributed by atoms with Crippen molar-refractivity contribution in [2.24, 2.45) is 11.8 Å². The van der Waals surface area contributed by atoms with Gasteiger partial charge in [0, 0.05) is 18.2 Å². The van der Waals surface area contributed by atoms with Crippen molar-refractivity contribution in [2.45, 2.75) is 52.5 Å². The van der Waals surface area contributed by atoms with Crippen LogP contribution in [0.25, 0.3) is 0 Å². The van der Waals surface area contributed by atoms with Crippen LogP contribution in [0.1, 0.15) is 46.5 Å². The Hall–Kier alpha value is -0.830. The first kappa shape index (κ1) is 15.2. The molecule has 1 N–H and O–H groups in total. The molecule has 0 radical (unpaired) electrons. The van der Waals surface area contributed by atoms with E-state index in [9.17, 15) is 4.79 Å². The monoisotopic (exact) mass is 253 g/mol. The third-order valence-corrected chi connectivity index (χ3v) is 4.31. The van der Waals surface area contributed by atoms with Crippen LogP contribution in [0.15, 0.2) is 11.6 Å². The molecule has 3 atom stereocenters. The van der Waals surface area contributed by atoms with Crippen molar-refractivity contribution in [3.63, 3.8) is 0 Å². The van der Waals surface area contributed by atoms with Gasteiger partial charge >= 0.3 is 5.97 Å². The summed E-state index contributed by atoms with van der Waals surface area (Å²) in [5, 5.41) is 3.56. The fourth-order valence-electron chi connectivity index (χ4n) is 2.95. The second-order valence-corrected chi connectivity index (χ2v) is 5.19. The van der Waals surface area contributed by atoms with Crippen molar-refractivity contribution in [1.82, 2.24) is 5.32 Å². The van der Waals surface area contributed by atoms with Gasteiger partial charge in [-0.3, -0.25) is 0 Å². The number of nitrogens with one attached hydrogen (secondary N) is 1. The summed E-state index contributed by atoms with van der Waals surface area (Å²) < 4.78 is 4.75. The van der Waals surface area contributed by atoms with E-state index in [1.54, 1.807) is 0 Å². The normalized spacial score (nSPS) is 28.4. The molecule has 18 heavy (non-hydrogen) atoms. The van der Waals surface area contributed by atoms with Gasteiger partial charge in [0.1, 0.15) is 0 Å². The second kappa shape index (κ2) is 7.57. The minimum absolute atomic E-state index is 0.204. The Balaban J connectivity index is 2.41. The Morgan fingerprint density at radius 1 is 1.39 bits per heavy atom. The smallest absolute Gasteiger partial charge is 0.333 e. The molecule has 104 valence electrons. The van der Waals surface area contributed by atoms with Crippen LogP contribution in [-0.2, 0) is 9.53 Å². The van der Waals surface area contributed by atoms with Gasteiger partial charge in [0.05, 0.1) is 7.11 Å². The zero-order chi connectivity index (χ0) is 13.5. The molecule has 0 aromatic heterocycles. The molecule has 1 aliphatic rings. The SMILES string of the molecule is CC/C(=C/CNC1CCC(CC)C1C)C(=O)OC. The summed E-state index contributed by atoms with van der Waals surface area (Å²) in [6, 6.07) is 0.599. The molecule has 0 aromatic rings. The van der Waals surface area contributed by atoms with Gasteiger partial charge in [-0.05, 0) is 31.1 Å². The summed E-state index contributed by atoms with van der Waals surface area (Å²) in [6.07, 6.45) is 6.56. The van der Waals surface area contributed by atoms with Crippen LogP contribution in [0.3, 0.4) is 0 Å². The van der Waals surface area contributed by atoms with Gasteiger partial charge in [0.2, 0.25) is 0 Å². The van der Waals surface area contributed by atoms with E-state index in [1.165, 1.54) is 26.4 Å². The van der Waals surface area contributed by atoms with Gasteiger partial charge in [-0.15, -0.1) is 0 Å². The minimum Gasteiger partial charge on any atom is -0.466 e. The highest BCUT2D eigenvalue weighted by atomic mass is 16.5. The van der Waals surface area contributed by atoms with Crippen LogP contribution >= 0.6 is 0 Å². The zero-order valence-electron chi connectivity index (χ0n) is 12.2. The van der Waals surface area contributed by atoms with Gasteiger partial charge in [-0.1, -0.05) is 33.3 Å². The highest BCUT2D eigenvalue weighted by Crippen LogP contribution is 2.33. The molecule has 0 heterocycles. The molecule has 0 amide bonds. The summed E-state index contributed by atoms with van der Waals surface area (Å²) in [5.74, 6) is 1.40. The van der Waals surface area contributed by atoms with Crippen LogP contribution in [0, 0.1) is 11.8 Å². The Morgan fingerprint density at radius 3 is 2.61 bits per heavy atom. The van der Waals surface area contributed by atoms with Crippen LogP contribution in [-0.4, -0.2) is 25.7 Å². The standard InChI is InChI=1S/C15H27NO2/c1-5-12-7-8-14(11(12)3)16-10-9-13(6-2)15(17)18-4/h9,11-12,14,16H,5-8,10H2,1-4H3/b13-9-. The molecule has 3 heteroatoms. The van der Waals surface area contributed by atoms with Crippen molar-refractivity contribution in [3.8, 4) is 0 Å². The van der Waals surface area contributed by atoms with Crippen molar-refractivity contribution in [3.05, 3.63) is 11.6 Å². The Kier molecular flexibility index (Phi) is 6.41. The number of ether oxygens (including phenoxy) is 1. The molecule has 1 fully saturated rings. The quantitative estimate of drug-likeness (QED) is 0.584. The Labute approximate surface area is 111 Å². The third-order valence-electron chi connectivity index (χ3n) is 4.31. The Bertz CT molecular complexity index is 299. The summed E-state index contributed by atoms with van der Waals surface area (Å²) >= 11 is 0. The average Bonchev–Trinajstić information content (AvgIpc) is 2.74. The molecule has 0 aliphatic heterocycles. The van der Waals surface area contributed by atoms with E-state index in [2.05, 4.69) is 19.2 Å². The molecule has 1 rings (SSSR count). The molecule has 0 aromatic carbocycles. The highest BCUT2D eigenvalue weighted by Gasteiger charge is 2.30. The molecule has 3 nitrogen and oxygen atoms in total. The maximum atomic E-state index is 11.4. The molecular formula is C15H27NO2. The van der Waals surface area contributed by atoms with E-state index in [-0.39, 0.29) is 5.97 Å². The lowest BCUT2D eigenvalue weighted by molar-refractivity contribution is -0.136. The largest absolute Gasteiger partial charge is 0.466 e. The molecule has 0 spiro atoms. The summed E-state index contributed by atoms with van der Waals surface area (Å²) in [4.78, 5) is 11.4. The predicted molar refractivity (Wildman–Crippen MR) is 74.4 cm³/mol. The van der Waals surface area contributed by atoms with E-state index in [4.69, 9.17) is 4.74 Å². The summed E-state index contributed by atoms with van der Waals surface area (Å²) in [5.41, 5.74) is 0.766. The minimum atomic E-state index is -0.204. The van der Waals surface area contributed by atoms with Gasteiger partial charge in [-0.25, -0.2) is 4.79 Å². The number of carbonyl (C=O) groups is 1. The van der Waals surface area contributed by atoms with Crippen molar-refractivity contribution < 1.29 is 9.53 Å². The topological polar surface area (TPSA) is 38.3 Å². The molecular weight excluding hydrogens is 226 g/mol. The molecule has 1 saturated carbocycles. The zero-order valence-corrected chi connectivity index (χ0v) is 12.2. The third kappa shape index (κ3) is 3.84. The molecule has 1 aliphatic carbocycles. The number of rotatable bonds is 6. The first-order valence-corrected chi connectivity index (χ1v) is 7.14. The second-order valence-electron chi connectivity index (χ2n) is 5.19. The average molecular weight is 253 g/mol. The number of methoxy groups -OCH3 is 1. The van der Waals surface area contributed by atoms with Gasteiger partial charge in [0.15, 0.2) is 0 Å². The number of hydrogen-bond donors (Lipinski definition) is 1. The fraction of sp³-hybridized carbons (Fsp3) is 0.800. The first-order valence-electron chi connectivity index (χ1n) is 7.14. The maximum Gasteiger partial charge on any atom is 0.333 e. The van der Waals surface area contributed by atoms with Crippen LogP contribution in [0.4, 0.5) is 0 Å². The van der Waals surface area contributed by atoms with Crippen molar-refractivity contribution in [1.29, 1.82) is 0 Å². The lowest BCUT2D eigenvalue weighted by atomic mass is 9.93. The van der Waals surface area contributed by atoms with E-state index in [1.807, 2.05) is 13.0 Å². The predicted octanol–water partition coefficient (Wildman–Crippen LogP) is 2.91. The van der Waals surface area contributed by atoms with Gasteiger partial charge in [-0.2, -0.15) is 0 Å². The van der Waals surface area contributed by atoms with Crippen LogP contribution < -0.4 is 5.32 Å². The van der Waals surface area contributed by atoms with Crippen LogP contribution in [0.5, 0.6) is 0 Å². The maximum absolute atomic E-state index is 11.4. The first-order chi connectivity index (χ1) is 8.63. The van der Waals surface area contributed by atoms with E-state index < -0.39 is 0 Å². The molecule has 0 bridgehead atoms. The highest BCUT2D eigenvalue weighted by molar-refractivity contribution is 5.88. The van der Waals surface area contributed by atoms with Crippen molar-refractivity contribution in [2.75, 3.05) is 13.7 Å². The summed E-state index contributed by atoms with van der Waals surface area (Å²) in [7, 11) is 1.43. The van der Waals surface area contributed by atoms with E-state index in [0.29, 0.717) is 6.04 Å². The molecule has 3 unspecified atom stereocenters. The number of carbonyl (C=O) groups excluding carboxylic acids is 1. The lowest BCUT2D eigenvalue weighted by Gasteiger charge is -2.20. The van der Waals surface area contributed by atoms with Gasteiger partial charge in [0.25, 0.3) is 0 Å². The van der Waals surface area contributed by atoms with E-state index in [0.717, 1.165) is 30.4 Å². The van der Waals surface area contributed by atoms with Gasteiger partial charge < -0.3 is 10.1 Å².